The number of hydrogen-bond acceptors (Lipinski definition) is 2. The lowest BCUT2D eigenvalue weighted by Crippen LogP contribution is -2.11. The van der Waals surface area contributed by atoms with Gasteiger partial charge < -0.3 is 4.74 Å². The zero-order chi connectivity index (χ0) is 20.5. The van der Waals surface area contributed by atoms with Gasteiger partial charge in [0.25, 0.3) is 0 Å². The van der Waals surface area contributed by atoms with Gasteiger partial charge in [-0.15, -0.1) is 0 Å². The maximum atomic E-state index is 13.2. The predicted molar refractivity (Wildman–Crippen MR) is 97.7 cm³/mol. The number of hydrogen-bond donors (Lipinski definition) is 0. The monoisotopic (exact) mass is 392 g/mol. The summed E-state index contributed by atoms with van der Waals surface area (Å²) >= 11 is 0. The van der Waals surface area contributed by atoms with Gasteiger partial charge in [0.2, 0.25) is 0 Å². The molecule has 0 unspecified atom stereocenters. The molecule has 1 aliphatic carbocycles. The largest absolute Gasteiger partial charge is 0.461 e. The number of esters is 1. The SMILES string of the molecule is CC1(C)[C@@H](C=C(F)C(F)(F)F)[C@@H]1C(=O)OCc1cccc(-c2ccccc2)c1. The molecule has 6 heteroatoms. The van der Waals surface area contributed by atoms with Crippen molar-refractivity contribution in [2.45, 2.75) is 26.6 Å². The highest BCUT2D eigenvalue weighted by atomic mass is 19.4. The van der Waals surface area contributed by atoms with Crippen LogP contribution in [0.15, 0.2) is 66.5 Å². The second kappa shape index (κ2) is 7.41. The molecule has 2 aromatic carbocycles. The number of carbonyl (C=O) groups is 1. The first-order chi connectivity index (χ1) is 13.1. The Morgan fingerprint density at radius 3 is 2.36 bits per heavy atom. The molecule has 3 rings (SSSR count). The molecule has 0 aliphatic heterocycles. The molecule has 0 saturated heterocycles. The van der Waals surface area contributed by atoms with Gasteiger partial charge in [-0.3, -0.25) is 4.79 Å². The Balaban J connectivity index is 1.65. The Kier molecular flexibility index (Phi) is 5.33. The lowest BCUT2D eigenvalue weighted by atomic mass is 10.0. The summed E-state index contributed by atoms with van der Waals surface area (Å²) < 4.78 is 55.7. The van der Waals surface area contributed by atoms with E-state index in [2.05, 4.69) is 0 Å². The minimum absolute atomic E-state index is 0.00424. The van der Waals surface area contributed by atoms with Crippen molar-refractivity contribution < 1.29 is 27.1 Å². The smallest absolute Gasteiger partial charge is 0.442 e. The third-order valence-electron chi connectivity index (χ3n) is 5.18. The van der Waals surface area contributed by atoms with Crippen LogP contribution in [0.4, 0.5) is 17.6 Å². The highest BCUT2D eigenvalue weighted by Gasteiger charge is 2.62. The maximum absolute atomic E-state index is 13.2. The van der Waals surface area contributed by atoms with Gasteiger partial charge in [-0.1, -0.05) is 62.4 Å². The fourth-order valence-corrected chi connectivity index (χ4v) is 3.41. The van der Waals surface area contributed by atoms with Crippen LogP contribution < -0.4 is 0 Å². The molecule has 2 atom stereocenters. The molecule has 2 nitrogen and oxygen atoms in total. The molecule has 1 fully saturated rings. The quantitative estimate of drug-likeness (QED) is 0.455. The summed E-state index contributed by atoms with van der Waals surface area (Å²) in [7, 11) is 0. The highest BCUT2D eigenvalue weighted by molar-refractivity contribution is 5.78. The molecule has 0 bridgehead atoms. The molecule has 0 spiro atoms. The zero-order valence-corrected chi connectivity index (χ0v) is 15.5. The summed E-state index contributed by atoms with van der Waals surface area (Å²) in [5.41, 5.74) is 1.98. The van der Waals surface area contributed by atoms with E-state index in [-0.39, 0.29) is 6.61 Å². The predicted octanol–water partition coefficient (Wildman–Crippen LogP) is 6.08. The van der Waals surface area contributed by atoms with E-state index in [1.54, 1.807) is 19.9 Å². The Morgan fingerprint density at radius 2 is 1.71 bits per heavy atom. The summed E-state index contributed by atoms with van der Waals surface area (Å²) in [6.07, 6.45) is -4.55. The average Bonchev–Trinajstić information content (AvgIpc) is 3.20. The average molecular weight is 392 g/mol. The van der Waals surface area contributed by atoms with Crippen molar-refractivity contribution in [2.75, 3.05) is 0 Å². The van der Waals surface area contributed by atoms with E-state index in [9.17, 15) is 22.4 Å². The van der Waals surface area contributed by atoms with Crippen LogP contribution in [-0.2, 0) is 16.1 Å². The summed E-state index contributed by atoms with van der Waals surface area (Å²) in [6, 6.07) is 17.2. The van der Waals surface area contributed by atoms with Crippen LogP contribution in [0.5, 0.6) is 0 Å². The molecule has 1 saturated carbocycles. The standard InChI is InChI=1S/C22H20F4O2/c1-21(2)17(12-18(23)22(24,25)26)19(21)20(27)28-13-14-7-6-10-16(11-14)15-8-4-3-5-9-15/h3-12,17,19H,13H2,1-2H3/t17-,19+/m0/s1. The van der Waals surface area contributed by atoms with E-state index < -0.39 is 35.2 Å². The molecule has 0 heterocycles. The third kappa shape index (κ3) is 4.26. The number of halogens is 4. The van der Waals surface area contributed by atoms with Gasteiger partial charge in [0.05, 0.1) is 5.92 Å². The molecular weight excluding hydrogens is 372 g/mol. The van der Waals surface area contributed by atoms with E-state index >= 15 is 0 Å². The van der Waals surface area contributed by atoms with Crippen LogP contribution in [-0.4, -0.2) is 12.1 Å². The van der Waals surface area contributed by atoms with Crippen LogP contribution in [0.25, 0.3) is 11.1 Å². The van der Waals surface area contributed by atoms with Gasteiger partial charge >= 0.3 is 12.1 Å². The molecule has 0 amide bonds. The van der Waals surface area contributed by atoms with Crippen LogP contribution >= 0.6 is 0 Å². The van der Waals surface area contributed by atoms with Crippen molar-refractivity contribution in [3.05, 3.63) is 72.1 Å². The van der Waals surface area contributed by atoms with Crippen molar-refractivity contribution in [1.29, 1.82) is 0 Å². The summed E-state index contributed by atoms with van der Waals surface area (Å²) in [5.74, 6) is -4.42. The Hall–Kier alpha value is -2.63. The number of rotatable bonds is 5. The molecule has 0 aromatic heterocycles. The van der Waals surface area contributed by atoms with E-state index in [0.29, 0.717) is 6.08 Å². The van der Waals surface area contributed by atoms with Crippen molar-refractivity contribution in [3.63, 3.8) is 0 Å². The lowest BCUT2D eigenvalue weighted by Gasteiger charge is -2.08. The Bertz CT molecular complexity index is 885. The molecule has 0 N–H and O–H groups in total. The van der Waals surface area contributed by atoms with Gasteiger partial charge in [-0.25, -0.2) is 4.39 Å². The minimum atomic E-state index is -5.04. The van der Waals surface area contributed by atoms with Crippen molar-refractivity contribution in [1.82, 2.24) is 0 Å². The number of ether oxygens (including phenoxy) is 1. The number of allylic oxidation sites excluding steroid dienone is 2. The first-order valence-corrected chi connectivity index (χ1v) is 8.86. The van der Waals surface area contributed by atoms with Crippen LogP contribution in [0.3, 0.4) is 0 Å². The Morgan fingerprint density at radius 1 is 1.07 bits per heavy atom. The molecule has 28 heavy (non-hydrogen) atoms. The fourth-order valence-electron chi connectivity index (χ4n) is 3.41. The zero-order valence-electron chi connectivity index (χ0n) is 15.5. The second-order valence-electron chi connectivity index (χ2n) is 7.51. The normalized spacial score (nSPS) is 21.3. The van der Waals surface area contributed by atoms with E-state index in [4.69, 9.17) is 4.74 Å². The number of benzene rings is 2. The third-order valence-corrected chi connectivity index (χ3v) is 5.18. The van der Waals surface area contributed by atoms with Crippen molar-refractivity contribution in [3.8, 4) is 11.1 Å². The summed E-state index contributed by atoms with van der Waals surface area (Å²) in [6.45, 7) is 3.25. The fraction of sp³-hybridized carbons (Fsp3) is 0.318. The van der Waals surface area contributed by atoms with Crippen LogP contribution in [0, 0.1) is 17.3 Å². The summed E-state index contributed by atoms with van der Waals surface area (Å²) in [5, 5.41) is 0. The molecular formula is C22H20F4O2. The van der Waals surface area contributed by atoms with E-state index in [1.165, 1.54) is 0 Å². The minimum Gasteiger partial charge on any atom is -0.461 e. The lowest BCUT2D eigenvalue weighted by molar-refractivity contribution is -0.147. The van der Waals surface area contributed by atoms with Gasteiger partial charge in [0.15, 0.2) is 5.83 Å². The second-order valence-corrected chi connectivity index (χ2v) is 7.51. The highest BCUT2D eigenvalue weighted by Crippen LogP contribution is 2.60. The number of alkyl halides is 3. The molecule has 1 aliphatic rings. The van der Waals surface area contributed by atoms with Gasteiger partial charge in [-0.2, -0.15) is 13.2 Å². The van der Waals surface area contributed by atoms with Gasteiger partial charge in [0, 0.05) is 0 Å². The van der Waals surface area contributed by atoms with Gasteiger partial charge in [0.1, 0.15) is 6.61 Å². The molecule has 0 radical (unpaired) electrons. The first kappa shape index (κ1) is 20.1. The van der Waals surface area contributed by atoms with E-state index in [0.717, 1.165) is 16.7 Å². The molecule has 148 valence electrons. The van der Waals surface area contributed by atoms with Crippen molar-refractivity contribution in [2.24, 2.45) is 17.3 Å². The van der Waals surface area contributed by atoms with Gasteiger partial charge in [-0.05, 0) is 40.2 Å². The first-order valence-electron chi connectivity index (χ1n) is 8.86. The Labute approximate surface area is 160 Å². The number of carbonyl (C=O) groups excluding carboxylic acids is 1. The van der Waals surface area contributed by atoms with Crippen LogP contribution in [0.1, 0.15) is 19.4 Å². The van der Waals surface area contributed by atoms with E-state index in [1.807, 2.05) is 48.5 Å². The molecule has 2 aromatic rings. The maximum Gasteiger partial charge on any atom is 0.442 e. The van der Waals surface area contributed by atoms with Crippen LogP contribution in [0.2, 0.25) is 0 Å². The summed E-state index contributed by atoms with van der Waals surface area (Å²) in [4.78, 5) is 12.3. The topological polar surface area (TPSA) is 26.3 Å². The van der Waals surface area contributed by atoms with Crippen molar-refractivity contribution >= 4 is 5.97 Å².